The van der Waals surface area contributed by atoms with Gasteiger partial charge in [-0.25, -0.2) is 4.79 Å². The molecule has 9 heteroatoms. The molecule has 7 rings (SSSR count). The van der Waals surface area contributed by atoms with Crippen LogP contribution in [0.2, 0.25) is 5.04 Å². The predicted molar refractivity (Wildman–Crippen MR) is 220 cm³/mol. The molecule has 1 aromatic heterocycles. The van der Waals surface area contributed by atoms with Gasteiger partial charge in [0, 0.05) is 18.5 Å². The predicted octanol–water partition coefficient (Wildman–Crippen LogP) is 7.32. The summed E-state index contributed by atoms with van der Waals surface area (Å²) in [6.07, 6.45) is 1.15. The molecule has 0 spiro atoms. The number of aromatic nitrogens is 2. The Morgan fingerprint density at radius 3 is 1.73 bits per heavy atom. The number of methoxy groups -OCH3 is 1. The average molecular weight is 752 g/mol. The number of hydrogen-bond acceptors (Lipinski definition) is 7. The summed E-state index contributed by atoms with van der Waals surface area (Å²) < 4.78 is 28.8. The van der Waals surface area contributed by atoms with Crippen LogP contribution >= 0.6 is 0 Å². The third kappa shape index (κ3) is 7.53. The first-order chi connectivity index (χ1) is 26.7. The van der Waals surface area contributed by atoms with E-state index in [1.54, 1.807) is 19.4 Å². The Morgan fingerprint density at radius 2 is 1.24 bits per heavy atom. The van der Waals surface area contributed by atoms with Gasteiger partial charge in [0.2, 0.25) is 0 Å². The third-order valence-electron chi connectivity index (χ3n) is 10.8. The molecule has 1 aliphatic rings. The van der Waals surface area contributed by atoms with Crippen LogP contribution in [0.3, 0.4) is 0 Å². The SMILES string of the molecule is COc1ccc(C(OCC2CC(n3ccc(N)nc3=O)OC2CO[Si](c2ccccc2)(c2ccccc2)C(C)(C)C)(c2ccccc2)c2ccccc2)cc1. The van der Waals surface area contributed by atoms with Crippen molar-refractivity contribution in [1.82, 2.24) is 9.55 Å². The summed E-state index contributed by atoms with van der Waals surface area (Å²) in [5.41, 5.74) is 7.40. The molecule has 0 amide bonds. The highest BCUT2D eigenvalue weighted by Crippen LogP contribution is 2.44. The molecule has 2 heterocycles. The third-order valence-corrected chi connectivity index (χ3v) is 15.8. The molecule has 0 bridgehead atoms. The molecule has 2 N–H and O–H groups in total. The van der Waals surface area contributed by atoms with Crippen LogP contribution in [0, 0.1) is 5.92 Å². The van der Waals surface area contributed by atoms with E-state index in [9.17, 15) is 4.79 Å². The van der Waals surface area contributed by atoms with Crippen molar-refractivity contribution >= 4 is 24.5 Å². The number of anilines is 1. The van der Waals surface area contributed by atoms with Gasteiger partial charge in [0.15, 0.2) is 0 Å². The van der Waals surface area contributed by atoms with E-state index in [0.29, 0.717) is 19.6 Å². The number of nitrogens with two attached hydrogens (primary N) is 1. The number of hydrogen-bond donors (Lipinski definition) is 1. The fraction of sp³-hybridized carbons (Fsp3) is 0.261. The van der Waals surface area contributed by atoms with Gasteiger partial charge in [-0.05, 0) is 50.3 Å². The minimum atomic E-state index is -2.92. The second-order valence-corrected chi connectivity index (χ2v) is 19.4. The van der Waals surface area contributed by atoms with Gasteiger partial charge in [-0.1, -0.05) is 154 Å². The number of nitrogens with zero attached hydrogens (tertiary/aromatic N) is 2. The smallest absolute Gasteiger partial charge is 0.351 e. The molecule has 3 atom stereocenters. The molecule has 1 fully saturated rings. The van der Waals surface area contributed by atoms with E-state index in [1.165, 1.54) is 14.9 Å². The van der Waals surface area contributed by atoms with Crippen molar-refractivity contribution in [2.75, 3.05) is 26.1 Å². The number of rotatable bonds is 13. The van der Waals surface area contributed by atoms with E-state index in [2.05, 4.69) is 111 Å². The number of ether oxygens (including phenoxy) is 3. The normalized spacial score (nSPS) is 17.6. The van der Waals surface area contributed by atoms with Crippen LogP contribution in [0.15, 0.2) is 163 Å². The Hall–Kier alpha value is -5.32. The number of nitrogen functional groups attached to an aromatic ring is 1. The zero-order chi connectivity index (χ0) is 38.5. The standard InChI is InChI=1S/C46H49N3O5Si/c1-45(2,3)55(39-21-13-7-14-22-39,40-23-15-8-16-24-40)53-33-41-34(31-43(54-41)49-30-29-42(47)48-44(49)50)32-52-46(35-17-9-5-10-18-35,36-19-11-6-12-20-36)37-25-27-38(51-4)28-26-37/h5-30,34,41,43H,31-33H2,1-4H3,(H2,47,48,50). The summed E-state index contributed by atoms with van der Waals surface area (Å²) >= 11 is 0. The molecule has 55 heavy (non-hydrogen) atoms. The second-order valence-electron chi connectivity index (χ2n) is 15.1. The molecule has 0 aliphatic carbocycles. The van der Waals surface area contributed by atoms with Gasteiger partial charge in [-0.2, -0.15) is 4.98 Å². The molecule has 3 unspecified atom stereocenters. The molecule has 6 aromatic rings. The van der Waals surface area contributed by atoms with E-state index in [-0.39, 0.29) is 16.8 Å². The van der Waals surface area contributed by atoms with E-state index in [4.69, 9.17) is 24.4 Å². The Labute approximate surface area is 324 Å². The first kappa shape index (κ1) is 38.0. The van der Waals surface area contributed by atoms with Gasteiger partial charge in [0.05, 0.1) is 26.4 Å². The van der Waals surface area contributed by atoms with Crippen molar-refractivity contribution in [1.29, 1.82) is 0 Å². The molecule has 0 saturated carbocycles. The maximum Gasteiger partial charge on any atom is 0.351 e. The first-order valence-electron chi connectivity index (χ1n) is 18.8. The van der Waals surface area contributed by atoms with Gasteiger partial charge >= 0.3 is 5.69 Å². The summed E-state index contributed by atoms with van der Waals surface area (Å²) in [6.45, 7) is 7.39. The molecular formula is C46H49N3O5Si. The van der Waals surface area contributed by atoms with Gasteiger partial charge in [0.1, 0.15) is 23.4 Å². The van der Waals surface area contributed by atoms with E-state index < -0.39 is 31.9 Å². The molecular weight excluding hydrogens is 703 g/mol. The van der Waals surface area contributed by atoms with Crippen molar-refractivity contribution in [2.24, 2.45) is 5.92 Å². The molecule has 8 nitrogen and oxygen atoms in total. The summed E-state index contributed by atoms with van der Waals surface area (Å²) in [7, 11) is -1.26. The highest BCUT2D eigenvalue weighted by Gasteiger charge is 2.51. The molecule has 1 saturated heterocycles. The Kier molecular flexibility index (Phi) is 11.2. The van der Waals surface area contributed by atoms with Crippen LogP contribution in [-0.4, -0.2) is 44.3 Å². The van der Waals surface area contributed by atoms with E-state index >= 15 is 0 Å². The minimum absolute atomic E-state index is 0.167. The molecule has 0 radical (unpaired) electrons. The van der Waals surface area contributed by atoms with Crippen LogP contribution in [0.5, 0.6) is 5.75 Å². The Morgan fingerprint density at radius 1 is 0.727 bits per heavy atom. The fourth-order valence-corrected chi connectivity index (χ4v) is 12.6. The Bertz CT molecular complexity index is 2120. The van der Waals surface area contributed by atoms with Crippen molar-refractivity contribution in [2.45, 2.75) is 50.2 Å². The monoisotopic (exact) mass is 751 g/mol. The molecule has 1 aliphatic heterocycles. The maximum absolute atomic E-state index is 13.2. The summed E-state index contributed by atoms with van der Waals surface area (Å²) in [4.78, 5) is 17.2. The van der Waals surface area contributed by atoms with E-state index in [1.807, 2.05) is 60.7 Å². The van der Waals surface area contributed by atoms with Crippen LogP contribution in [-0.2, 0) is 19.5 Å². The lowest BCUT2D eigenvalue weighted by atomic mass is 9.80. The molecule has 5 aromatic carbocycles. The first-order valence-corrected chi connectivity index (χ1v) is 20.7. The van der Waals surface area contributed by atoms with Crippen LogP contribution in [0.4, 0.5) is 5.82 Å². The highest BCUT2D eigenvalue weighted by atomic mass is 28.4. The van der Waals surface area contributed by atoms with Gasteiger partial charge in [-0.15, -0.1) is 0 Å². The van der Waals surface area contributed by atoms with Crippen molar-refractivity contribution in [3.05, 3.63) is 185 Å². The summed E-state index contributed by atoms with van der Waals surface area (Å²) in [5.74, 6) is 0.757. The second kappa shape index (κ2) is 16.2. The maximum atomic E-state index is 13.2. The average Bonchev–Trinajstić information content (AvgIpc) is 3.62. The fourth-order valence-electron chi connectivity index (χ4n) is 8.08. The summed E-state index contributed by atoms with van der Waals surface area (Å²) in [6, 6.07) is 51.5. The zero-order valence-corrected chi connectivity index (χ0v) is 32.9. The lowest BCUT2D eigenvalue weighted by Crippen LogP contribution is -2.67. The Balaban J connectivity index is 1.30. The van der Waals surface area contributed by atoms with Crippen molar-refractivity contribution < 1.29 is 18.6 Å². The van der Waals surface area contributed by atoms with Crippen molar-refractivity contribution in [3.8, 4) is 5.75 Å². The lowest BCUT2D eigenvalue weighted by molar-refractivity contribution is -0.0537. The van der Waals surface area contributed by atoms with Gasteiger partial charge in [-0.3, -0.25) is 4.57 Å². The zero-order valence-electron chi connectivity index (χ0n) is 31.9. The van der Waals surface area contributed by atoms with E-state index in [0.717, 1.165) is 22.4 Å². The van der Waals surface area contributed by atoms with Crippen LogP contribution in [0.1, 0.15) is 50.1 Å². The highest BCUT2D eigenvalue weighted by molar-refractivity contribution is 6.99. The molecule has 282 valence electrons. The van der Waals surface area contributed by atoms with Crippen LogP contribution < -0.4 is 26.5 Å². The number of benzene rings is 5. The van der Waals surface area contributed by atoms with Gasteiger partial charge in [0.25, 0.3) is 8.32 Å². The summed E-state index contributed by atoms with van der Waals surface area (Å²) in [5, 5.41) is 2.13. The minimum Gasteiger partial charge on any atom is -0.497 e. The van der Waals surface area contributed by atoms with Crippen LogP contribution in [0.25, 0.3) is 0 Å². The largest absolute Gasteiger partial charge is 0.497 e. The lowest BCUT2D eigenvalue weighted by Gasteiger charge is -2.44. The topological polar surface area (TPSA) is 97.8 Å². The quantitative estimate of drug-likeness (QED) is 0.0976. The van der Waals surface area contributed by atoms with Crippen molar-refractivity contribution in [3.63, 3.8) is 0 Å². The van der Waals surface area contributed by atoms with Gasteiger partial charge < -0.3 is 24.4 Å².